The number of hydrogen-bond donors (Lipinski definition) is 0. The lowest BCUT2D eigenvalue weighted by molar-refractivity contribution is -0.0476. The first-order chi connectivity index (χ1) is 2.94. The standard InChI is InChI=1S/C2H3BrF3Si/c1-7(3)2(4,5)6/h1H3. The molecule has 0 aromatic heterocycles. The first-order valence-electron chi connectivity index (χ1n) is 1.51. The molecule has 0 bridgehead atoms. The second-order valence-corrected chi connectivity index (χ2v) is 6.23. The van der Waals surface area contributed by atoms with E-state index in [4.69, 9.17) is 0 Å². The maximum atomic E-state index is 11.2. The molecular weight excluding hydrogens is 189 g/mol. The SMILES string of the molecule is C[Si](Br)C(F)(F)F. The zero-order valence-electron chi connectivity index (χ0n) is 3.51. The van der Waals surface area contributed by atoms with E-state index in [1.54, 1.807) is 0 Å². The van der Waals surface area contributed by atoms with Gasteiger partial charge in [-0.25, -0.2) is 0 Å². The van der Waals surface area contributed by atoms with Crippen molar-refractivity contribution in [2.75, 3.05) is 0 Å². The Morgan fingerprint density at radius 2 is 1.57 bits per heavy atom. The molecule has 43 valence electrons. The van der Waals surface area contributed by atoms with E-state index in [1.807, 2.05) is 0 Å². The van der Waals surface area contributed by atoms with Crippen LogP contribution in [0, 0.1) is 0 Å². The second kappa shape index (κ2) is 2.17. The van der Waals surface area contributed by atoms with Crippen LogP contribution in [0.4, 0.5) is 13.2 Å². The van der Waals surface area contributed by atoms with E-state index in [2.05, 4.69) is 15.3 Å². The molecule has 0 spiro atoms. The number of hydrogen-bond acceptors (Lipinski definition) is 0. The van der Waals surface area contributed by atoms with Gasteiger partial charge in [0.05, 0.1) is 0 Å². The van der Waals surface area contributed by atoms with Crippen LogP contribution >= 0.6 is 15.3 Å². The minimum Gasteiger partial charge on any atom is -0.176 e. The largest absolute Gasteiger partial charge is 0.371 e. The summed E-state index contributed by atoms with van der Waals surface area (Å²) in [5.41, 5.74) is 0. The van der Waals surface area contributed by atoms with Crippen molar-refractivity contribution in [2.45, 2.75) is 12.3 Å². The highest BCUT2D eigenvalue weighted by atomic mass is 79.9. The second-order valence-electron chi connectivity index (χ2n) is 1.03. The molecule has 0 aliphatic rings. The van der Waals surface area contributed by atoms with Crippen molar-refractivity contribution in [3.05, 3.63) is 0 Å². The molecular formula is C2H3BrF3Si. The molecule has 0 N–H and O–H groups in total. The summed E-state index contributed by atoms with van der Waals surface area (Å²) in [6.45, 7) is 1.14. The Morgan fingerprint density at radius 3 is 1.57 bits per heavy atom. The minimum atomic E-state index is -3.98. The Kier molecular flexibility index (Phi) is 2.32. The third-order valence-electron chi connectivity index (χ3n) is 0.391. The van der Waals surface area contributed by atoms with Crippen LogP contribution < -0.4 is 0 Å². The van der Waals surface area contributed by atoms with Gasteiger partial charge < -0.3 is 0 Å². The molecule has 0 saturated heterocycles. The van der Waals surface area contributed by atoms with Crippen molar-refractivity contribution in [3.63, 3.8) is 0 Å². The summed E-state index contributed by atoms with van der Waals surface area (Å²) >= 11 is 2.47. The van der Waals surface area contributed by atoms with Crippen LogP contribution in [0.3, 0.4) is 0 Å². The highest BCUT2D eigenvalue weighted by Crippen LogP contribution is 2.21. The fourth-order valence-corrected chi connectivity index (χ4v) is 0. The van der Waals surface area contributed by atoms with Gasteiger partial charge in [-0.15, -0.1) is 15.3 Å². The normalized spacial score (nSPS) is 12.9. The van der Waals surface area contributed by atoms with E-state index >= 15 is 0 Å². The zero-order chi connectivity index (χ0) is 6.08. The van der Waals surface area contributed by atoms with E-state index in [0.717, 1.165) is 6.55 Å². The molecule has 0 atom stereocenters. The van der Waals surface area contributed by atoms with Gasteiger partial charge in [-0.3, -0.25) is 0 Å². The fraction of sp³-hybridized carbons (Fsp3) is 1.00. The van der Waals surface area contributed by atoms with Gasteiger partial charge in [0.15, 0.2) is 0 Å². The van der Waals surface area contributed by atoms with Gasteiger partial charge in [-0.2, -0.15) is 13.2 Å². The molecule has 0 unspecified atom stereocenters. The topological polar surface area (TPSA) is 0 Å². The number of alkyl halides is 3. The van der Waals surface area contributed by atoms with Crippen LogP contribution in [-0.2, 0) is 0 Å². The van der Waals surface area contributed by atoms with Crippen molar-refractivity contribution in [1.82, 2.24) is 0 Å². The van der Waals surface area contributed by atoms with E-state index in [-0.39, 0.29) is 0 Å². The Morgan fingerprint density at radius 1 is 1.43 bits per heavy atom. The molecule has 0 nitrogen and oxygen atoms in total. The maximum absolute atomic E-state index is 11.2. The van der Waals surface area contributed by atoms with E-state index in [1.165, 1.54) is 0 Å². The van der Waals surface area contributed by atoms with Gasteiger partial charge >= 0.3 is 5.80 Å². The van der Waals surface area contributed by atoms with Crippen LogP contribution in [0.2, 0.25) is 6.55 Å². The molecule has 5 heteroatoms. The van der Waals surface area contributed by atoms with E-state index in [9.17, 15) is 13.2 Å². The van der Waals surface area contributed by atoms with Crippen molar-refractivity contribution in [2.24, 2.45) is 0 Å². The van der Waals surface area contributed by atoms with Gasteiger partial charge in [0.2, 0.25) is 0 Å². The molecule has 0 fully saturated rings. The summed E-state index contributed by atoms with van der Waals surface area (Å²) in [6.07, 6.45) is 0. The molecule has 0 saturated carbocycles. The van der Waals surface area contributed by atoms with Crippen molar-refractivity contribution >= 4 is 22.7 Å². The quantitative estimate of drug-likeness (QED) is 0.407. The van der Waals surface area contributed by atoms with Crippen LogP contribution in [-0.4, -0.2) is 13.2 Å². The molecule has 1 radical (unpaired) electrons. The lowest BCUT2D eigenvalue weighted by Crippen LogP contribution is -2.23. The predicted molar refractivity (Wildman–Crippen MR) is 26.6 cm³/mol. The lowest BCUT2D eigenvalue weighted by atomic mass is 11.5. The van der Waals surface area contributed by atoms with Crippen LogP contribution in [0.25, 0.3) is 0 Å². The minimum absolute atomic E-state index is 1.14. The van der Waals surface area contributed by atoms with Crippen molar-refractivity contribution in [3.8, 4) is 0 Å². The van der Waals surface area contributed by atoms with Crippen LogP contribution in [0.1, 0.15) is 0 Å². The highest BCUT2D eigenvalue weighted by Gasteiger charge is 2.35. The average Bonchev–Trinajstić information content (AvgIpc) is 1.31. The first kappa shape index (κ1) is 7.49. The molecule has 0 rings (SSSR count). The summed E-state index contributed by atoms with van der Waals surface area (Å²) in [5.74, 6) is -3.98. The Labute approximate surface area is 48.9 Å². The first-order valence-corrected chi connectivity index (χ1v) is 5.76. The Bertz CT molecular complexity index is 58.4. The van der Waals surface area contributed by atoms with E-state index < -0.39 is 13.2 Å². The fourth-order valence-electron chi connectivity index (χ4n) is 0. The van der Waals surface area contributed by atoms with Gasteiger partial charge in [0, 0.05) is 0 Å². The Hall–Kier alpha value is 0.487. The number of rotatable bonds is 0. The molecule has 0 aliphatic heterocycles. The van der Waals surface area contributed by atoms with Crippen molar-refractivity contribution < 1.29 is 13.2 Å². The zero-order valence-corrected chi connectivity index (χ0v) is 6.10. The van der Waals surface area contributed by atoms with Gasteiger partial charge in [-0.05, 0) is 0 Å². The van der Waals surface area contributed by atoms with Gasteiger partial charge in [0.25, 0.3) is 7.42 Å². The van der Waals surface area contributed by atoms with Gasteiger partial charge in [0.1, 0.15) is 0 Å². The smallest absolute Gasteiger partial charge is 0.176 e. The molecule has 0 heterocycles. The molecule has 7 heavy (non-hydrogen) atoms. The molecule has 0 aromatic carbocycles. The van der Waals surface area contributed by atoms with Crippen LogP contribution in [0.15, 0.2) is 0 Å². The number of halogens is 4. The summed E-state index contributed by atoms with van der Waals surface area (Å²) in [5, 5.41) is 0. The monoisotopic (exact) mass is 191 g/mol. The molecule has 0 amide bonds. The van der Waals surface area contributed by atoms with E-state index in [0.29, 0.717) is 0 Å². The third-order valence-corrected chi connectivity index (χ3v) is 2.52. The van der Waals surface area contributed by atoms with Gasteiger partial charge in [-0.1, -0.05) is 6.55 Å². The summed E-state index contributed by atoms with van der Waals surface area (Å²) < 4.78 is 33.5. The summed E-state index contributed by atoms with van der Waals surface area (Å²) in [4.78, 5) is 0. The molecule has 0 aromatic rings. The average molecular weight is 192 g/mol. The van der Waals surface area contributed by atoms with Crippen LogP contribution in [0.5, 0.6) is 0 Å². The highest BCUT2D eigenvalue weighted by molar-refractivity contribution is 9.24. The maximum Gasteiger partial charge on any atom is 0.371 e. The summed E-state index contributed by atoms with van der Waals surface area (Å²) in [7, 11) is -2.24. The van der Waals surface area contributed by atoms with Crippen molar-refractivity contribution in [1.29, 1.82) is 0 Å². The Balaban J connectivity index is 3.54. The lowest BCUT2D eigenvalue weighted by Gasteiger charge is -2.03. The molecule has 0 aliphatic carbocycles. The summed E-state index contributed by atoms with van der Waals surface area (Å²) in [6, 6.07) is 0. The third kappa shape index (κ3) is 3.10. The predicted octanol–water partition coefficient (Wildman–Crippen LogP) is 2.10.